The lowest BCUT2D eigenvalue weighted by molar-refractivity contribution is -0.385. The van der Waals surface area contributed by atoms with Crippen molar-refractivity contribution in [3.05, 3.63) is 34.1 Å². The van der Waals surface area contributed by atoms with Gasteiger partial charge in [0.15, 0.2) is 11.6 Å². The molecule has 1 aromatic carbocycles. The Balaban J connectivity index is 2.36. The molecule has 1 rings (SSSR count). The molecule has 100 valence electrons. The molecule has 0 aliphatic carbocycles. The summed E-state index contributed by atoms with van der Waals surface area (Å²) in [6.07, 6.45) is 0. The van der Waals surface area contributed by atoms with E-state index in [1.807, 2.05) is 0 Å². The minimum absolute atomic E-state index is 0.0315. The van der Waals surface area contributed by atoms with Crippen LogP contribution < -0.4 is 4.74 Å². The van der Waals surface area contributed by atoms with E-state index in [-0.39, 0.29) is 18.0 Å². The van der Waals surface area contributed by atoms with Crippen molar-refractivity contribution in [2.45, 2.75) is 0 Å². The predicted molar refractivity (Wildman–Crippen MR) is 61.2 cm³/mol. The van der Waals surface area contributed by atoms with Gasteiger partial charge in [0.05, 0.1) is 30.8 Å². The number of ether oxygens (including phenoxy) is 3. The molecule has 0 atom stereocenters. The number of halogens is 1. The summed E-state index contributed by atoms with van der Waals surface area (Å²) in [5.41, 5.74) is -0.309. The van der Waals surface area contributed by atoms with Crippen molar-refractivity contribution in [1.29, 1.82) is 0 Å². The molecule has 0 aliphatic heterocycles. The molecule has 0 radical (unpaired) electrons. The first-order chi connectivity index (χ1) is 8.65. The summed E-state index contributed by atoms with van der Waals surface area (Å²) < 4.78 is 28.3. The van der Waals surface area contributed by atoms with Crippen LogP contribution in [0.25, 0.3) is 0 Å². The molecule has 0 N–H and O–H groups in total. The van der Waals surface area contributed by atoms with Crippen molar-refractivity contribution >= 4 is 5.69 Å². The van der Waals surface area contributed by atoms with E-state index < -0.39 is 10.7 Å². The average Bonchev–Trinajstić information content (AvgIpc) is 2.35. The topological polar surface area (TPSA) is 70.8 Å². The van der Waals surface area contributed by atoms with E-state index in [2.05, 4.69) is 0 Å². The zero-order valence-electron chi connectivity index (χ0n) is 9.93. The molecule has 0 heterocycles. The average molecular weight is 259 g/mol. The molecular formula is C11H14FNO5. The van der Waals surface area contributed by atoms with Crippen molar-refractivity contribution in [3.8, 4) is 5.75 Å². The molecule has 18 heavy (non-hydrogen) atoms. The molecular weight excluding hydrogens is 245 g/mol. The van der Waals surface area contributed by atoms with Gasteiger partial charge in [-0.25, -0.2) is 4.39 Å². The Hall–Kier alpha value is -1.73. The van der Waals surface area contributed by atoms with Crippen LogP contribution in [0.5, 0.6) is 5.75 Å². The van der Waals surface area contributed by atoms with E-state index in [9.17, 15) is 14.5 Å². The zero-order chi connectivity index (χ0) is 13.4. The number of nitro benzene ring substituents is 1. The standard InChI is InChI=1S/C11H14FNO5/c1-16-4-5-17-6-7-18-11-3-2-9(13(14)15)8-10(11)12/h2-3,8H,4-7H2,1H3. The Labute approximate surface area is 103 Å². The van der Waals surface area contributed by atoms with Gasteiger partial charge in [-0.05, 0) is 6.07 Å². The monoisotopic (exact) mass is 259 g/mol. The molecule has 0 saturated carbocycles. The Morgan fingerprint density at radius 3 is 2.61 bits per heavy atom. The third-order valence-corrected chi connectivity index (χ3v) is 2.04. The minimum atomic E-state index is -0.763. The SMILES string of the molecule is COCCOCCOc1ccc([N+](=O)[O-])cc1F. The van der Waals surface area contributed by atoms with Gasteiger partial charge in [-0.3, -0.25) is 10.1 Å². The van der Waals surface area contributed by atoms with Crippen LogP contribution in [0.15, 0.2) is 18.2 Å². The van der Waals surface area contributed by atoms with Gasteiger partial charge in [0, 0.05) is 13.2 Å². The fourth-order valence-electron chi connectivity index (χ4n) is 1.18. The van der Waals surface area contributed by atoms with Gasteiger partial charge in [0.1, 0.15) is 6.61 Å². The molecule has 7 heteroatoms. The van der Waals surface area contributed by atoms with Crippen molar-refractivity contribution in [3.63, 3.8) is 0 Å². The molecule has 0 bridgehead atoms. The Kier molecular flexibility index (Phi) is 6.03. The van der Waals surface area contributed by atoms with Crippen LogP contribution in [-0.4, -0.2) is 38.5 Å². The number of nitrogens with zero attached hydrogens (tertiary/aromatic N) is 1. The highest BCUT2D eigenvalue weighted by molar-refractivity contribution is 5.37. The fraction of sp³-hybridized carbons (Fsp3) is 0.455. The summed E-state index contributed by atoms with van der Waals surface area (Å²) in [7, 11) is 1.56. The lowest BCUT2D eigenvalue weighted by atomic mass is 10.3. The van der Waals surface area contributed by atoms with Gasteiger partial charge >= 0.3 is 0 Å². The van der Waals surface area contributed by atoms with E-state index in [0.717, 1.165) is 6.07 Å². The third-order valence-electron chi connectivity index (χ3n) is 2.04. The fourth-order valence-corrected chi connectivity index (χ4v) is 1.18. The molecule has 0 aromatic heterocycles. The molecule has 6 nitrogen and oxygen atoms in total. The van der Waals surface area contributed by atoms with Crippen LogP contribution in [0.4, 0.5) is 10.1 Å². The van der Waals surface area contributed by atoms with Crippen molar-refractivity contribution in [1.82, 2.24) is 0 Å². The van der Waals surface area contributed by atoms with Crippen molar-refractivity contribution in [2.24, 2.45) is 0 Å². The molecule has 0 spiro atoms. The highest BCUT2D eigenvalue weighted by Gasteiger charge is 2.11. The maximum Gasteiger partial charge on any atom is 0.272 e. The lowest BCUT2D eigenvalue weighted by Crippen LogP contribution is -2.10. The van der Waals surface area contributed by atoms with Gasteiger partial charge in [0.25, 0.3) is 5.69 Å². The summed E-state index contributed by atoms with van der Waals surface area (Å²) >= 11 is 0. The van der Waals surface area contributed by atoms with Gasteiger partial charge in [0.2, 0.25) is 0 Å². The van der Waals surface area contributed by atoms with Gasteiger partial charge < -0.3 is 14.2 Å². The summed E-state index contributed by atoms with van der Waals surface area (Å²) in [6.45, 7) is 1.37. The highest BCUT2D eigenvalue weighted by Crippen LogP contribution is 2.22. The van der Waals surface area contributed by atoms with Crippen molar-refractivity contribution in [2.75, 3.05) is 33.5 Å². The minimum Gasteiger partial charge on any atom is -0.488 e. The summed E-state index contributed by atoms with van der Waals surface area (Å²) in [5.74, 6) is -0.794. The highest BCUT2D eigenvalue weighted by atomic mass is 19.1. The van der Waals surface area contributed by atoms with E-state index in [4.69, 9.17) is 14.2 Å². The summed E-state index contributed by atoms with van der Waals surface area (Å²) in [5, 5.41) is 10.4. The Morgan fingerprint density at radius 1 is 1.28 bits per heavy atom. The number of benzene rings is 1. The van der Waals surface area contributed by atoms with Crippen LogP contribution in [0.3, 0.4) is 0 Å². The third kappa shape index (κ3) is 4.64. The van der Waals surface area contributed by atoms with Crippen molar-refractivity contribution < 1.29 is 23.5 Å². The second-order valence-electron chi connectivity index (χ2n) is 3.33. The van der Waals surface area contributed by atoms with Crippen LogP contribution in [0.1, 0.15) is 0 Å². The Morgan fingerprint density at radius 2 is 2.00 bits per heavy atom. The lowest BCUT2D eigenvalue weighted by Gasteiger charge is -2.07. The first-order valence-corrected chi connectivity index (χ1v) is 5.28. The number of hydrogen-bond acceptors (Lipinski definition) is 5. The van der Waals surface area contributed by atoms with E-state index in [1.54, 1.807) is 7.11 Å². The molecule has 0 amide bonds. The first-order valence-electron chi connectivity index (χ1n) is 5.28. The number of hydrogen-bond donors (Lipinski definition) is 0. The molecule has 0 saturated heterocycles. The normalized spacial score (nSPS) is 10.3. The Bertz CT molecular complexity index is 399. The molecule has 0 aliphatic rings. The van der Waals surface area contributed by atoms with E-state index >= 15 is 0 Å². The molecule has 0 unspecified atom stereocenters. The maximum atomic E-state index is 13.4. The number of nitro groups is 1. The second-order valence-corrected chi connectivity index (χ2v) is 3.33. The quantitative estimate of drug-likeness (QED) is 0.404. The zero-order valence-corrected chi connectivity index (χ0v) is 9.93. The first kappa shape index (κ1) is 14.3. The molecule has 0 fully saturated rings. The van der Waals surface area contributed by atoms with Crippen LogP contribution in [0, 0.1) is 15.9 Å². The van der Waals surface area contributed by atoms with Gasteiger partial charge in [-0.15, -0.1) is 0 Å². The maximum absolute atomic E-state index is 13.4. The molecule has 1 aromatic rings. The van der Waals surface area contributed by atoms with E-state index in [1.165, 1.54) is 12.1 Å². The smallest absolute Gasteiger partial charge is 0.272 e. The van der Waals surface area contributed by atoms with Crippen LogP contribution in [0.2, 0.25) is 0 Å². The van der Waals surface area contributed by atoms with Gasteiger partial charge in [-0.1, -0.05) is 0 Å². The second kappa shape index (κ2) is 7.57. The summed E-state index contributed by atoms with van der Waals surface area (Å²) in [6, 6.07) is 3.23. The van der Waals surface area contributed by atoms with E-state index in [0.29, 0.717) is 19.8 Å². The number of rotatable bonds is 8. The number of methoxy groups -OCH3 is 1. The largest absolute Gasteiger partial charge is 0.488 e. The van der Waals surface area contributed by atoms with Crippen LogP contribution in [-0.2, 0) is 9.47 Å². The predicted octanol–water partition coefficient (Wildman–Crippen LogP) is 1.78. The summed E-state index contributed by atoms with van der Waals surface area (Å²) in [4.78, 5) is 9.73. The van der Waals surface area contributed by atoms with Gasteiger partial charge in [-0.2, -0.15) is 0 Å². The number of non-ortho nitro benzene ring substituents is 1. The van der Waals surface area contributed by atoms with Crippen LogP contribution >= 0.6 is 0 Å².